The fraction of sp³-hybridized carbons (Fsp3) is 0.308. The van der Waals surface area contributed by atoms with Crippen molar-refractivity contribution in [3.8, 4) is 0 Å². The van der Waals surface area contributed by atoms with E-state index in [0.29, 0.717) is 16.8 Å². The summed E-state index contributed by atoms with van der Waals surface area (Å²) in [5.74, 6) is 0.508. The zero-order chi connectivity index (χ0) is 12.4. The van der Waals surface area contributed by atoms with E-state index in [4.69, 9.17) is 0 Å². The maximum absolute atomic E-state index is 13.6. The topological polar surface area (TPSA) is 34.0 Å². The zero-order valence-corrected chi connectivity index (χ0v) is 9.90. The molecule has 0 atom stereocenters. The van der Waals surface area contributed by atoms with Gasteiger partial charge in [-0.3, -0.25) is 4.79 Å². The number of benzene rings is 1. The Labute approximate surface area is 98.8 Å². The smallest absolute Gasteiger partial charge is 0.279 e. The third-order valence-corrected chi connectivity index (χ3v) is 2.56. The number of halogens is 1. The number of nitrogens with zero attached hydrogens (tertiary/aromatic N) is 1. The molecule has 0 radical (unpaired) electrons. The molecule has 2 aromatic rings. The Morgan fingerprint density at radius 2 is 2.00 bits per heavy atom. The summed E-state index contributed by atoms with van der Waals surface area (Å²) in [5, 5.41) is 3.91. The van der Waals surface area contributed by atoms with Gasteiger partial charge in [-0.1, -0.05) is 24.4 Å². The van der Waals surface area contributed by atoms with Gasteiger partial charge in [-0.05, 0) is 24.1 Å². The highest BCUT2D eigenvalue weighted by molar-refractivity contribution is 5.82. The number of hydrogen-bond donors (Lipinski definition) is 1. The molecule has 0 unspecified atom stereocenters. The third kappa shape index (κ3) is 2.46. The first-order valence-electron chi connectivity index (χ1n) is 5.64. The van der Waals surface area contributed by atoms with Crippen LogP contribution in [0.5, 0.6) is 0 Å². The molecule has 0 saturated heterocycles. The molecule has 0 amide bonds. The fourth-order valence-corrected chi connectivity index (χ4v) is 1.63. The summed E-state index contributed by atoms with van der Waals surface area (Å²) >= 11 is 0. The van der Waals surface area contributed by atoms with Crippen LogP contribution in [0.2, 0.25) is 0 Å². The maximum atomic E-state index is 13.6. The van der Waals surface area contributed by atoms with Crippen LogP contribution in [0.1, 0.15) is 13.8 Å². The van der Waals surface area contributed by atoms with Crippen molar-refractivity contribution in [2.24, 2.45) is 5.92 Å². The van der Waals surface area contributed by atoms with E-state index in [1.54, 1.807) is 18.2 Å². The minimum Gasteiger partial charge on any atom is -0.385 e. The maximum Gasteiger partial charge on any atom is 0.279 e. The Kier molecular flexibility index (Phi) is 3.13. The van der Waals surface area contributed by atoms with Crippen molar-refractivity contribution in [2.75, 3.05) is 11.9 Å². The molecule has 17 heavy (non-hydrogen) atoms. The lowest BCUT2D eigenvalue weighted by Gasteiger charge is -2.10. The molecular formula is C13H15FN2O. The number of aromatic nitrogens is 1. The molecule has 0 bridgehead atoms. The van der Waals surface area contributed by atoms with Gasteiger partial charge in [0, 0.05) is 23.7 Å². The van der Waals surface area contributed by atoms with Crippen LogP contribution in [0.3, 0.4) is 0 Å². The Bertz CT molecular complexity index is 589. The summed E-state index contributed by atoms with van der Waals surface area (Å²) in [5.41, 5.74) is 0.480. The quantitative estimate of drug-likeness (QED) is 0.886. The van der Waals surface area contributed by atoms with E-state index < -0.39 is 5.56 Å². The molecule has 0 aliphatic rings. The monoisotopic (exact) mass is 234 g/mol. The van der Waals surface area contributed by atoms with Crippen LogP contribution in [0.15, 0.2) is 35.1 Å². The van der Waals surface area contributed by atoms with Crippen molar-refractivity contribution in [3.05, 3.63) is 40.7 Å². The molecule has 4 heteroatoms. The van der Waals surface area contributed by atoms with Crippen molar-refractivity contribution in [2.45, 2.75) is 13.8 Å². The zero-order valence-electron chi connectivity index (χ0n) is 9.90. The van der Waals surface area contributed by atoms with Crippen molar-refractivity contribution in [3.63, 3.8) is 0 Å². The van der Waals surface area contributed by atoms with Gasteiger partial charge < -0.3 is 5.32 Å². The van der Waals surface area contributed by atoms with Gasteiger partial charge in [-0.15, -0.1) is 4.79 Å². The summed E-state index contributed by atoms with van der Waals surface area (Å²) in [7, 11) is 0. The first kappa shape index (κ1) is 11.6. The number of fused-ring (bicyclic) bond motifs is 1. The number of nitrogens with one attached hydrogen (secondary N) is 1. The summed E-state index contributed by atoms with van der Waals surface area (Å²) in [6, 6.07) is 8.19. The molecule has 1 heterocycles. The van der Waals surface area contributed by atoms with Crippen LogP contribution in [-0.2, 0) is 0 Å². The molecule has 0 aliphatic carbocycles. The second-order valence-electron chi connectivity index (χ2n) is 4.50. The third-order valence-electron chi connectivity index (χ3n) is 2.56. The van der Waals surface area contributed by atoms with Gasteiger partial charge in [-0.2, -0.15) is 0 Å². The molecule has 1 N–H and O–H groups in total. The second-order valence-corrected chi connectivity index (χ2v) is 4.50. The Morgan fingerprint density at radius 3 is 2.71 bits per heavy atom. The summed E-state index contributed by atoms with van der Waals surface area (Å²) < 4.78 is 13.6. The van der Waals surface area contributed by atoms with E-state index in [1.807, 2.05) is 6.07 Å². The van der Waals surface area contributed by atoms with Gasteiger partial charge in [0.2, 0.25) is 0 Å². The highest BCUT2D eigenvalue weighted by atomic mass is 19.2. The Morgan fingerprint density at radius 1 is 1.29 bits per heavy atom. The molecule has 1 aromatic heterocycles. The second kappa shape index (κ2) is 4.57. The lowest BCUT2D eigenvalue weighted by Crippen LogP contribution is -2.12. The standard InChI is InChI=1S/C13H15FN2O/c1-9(2)8-15-11-5-3-10-4-6-13(17)16(14)12(10)7-11/h3-7,9,15H,8H2,1-2H3. The summed E-state index contributed by atoms with van der Waals surface area (Å²) in [4.78, 5) is 11.4. The van der Waals surface area contributed by atoms with E-state index >= 15 is 0 Å². The van der Waals surface area contributed by atoms with Crippen molar-refractivity contribution < 1.29 is 4.48 Å². The molecule has 3 nitrogen and oxygen atoms in total. The van der Waals surface area contributed by atoms with E-state index in [-0.39, 0.29) is 4.79 Å². The molecule has 90 valence electrons. The molecular weight excluding hydrogens is 219 g/mol. The number of rotatable bonds is 3. The number of anilines is 1. The molecule has 1 aromatic carbocycles. The summed E-state index contributed by atoms with van der Waals surface area (Å²) in [6.07, 6.45) is 0. The van der Waals surface area contributed by atoms with Crippen LogP contribution in [0.25, 0.3) is 10.9 Å². The minimum absolute atomic E-state index is 0.176. The highest BCUT2D eigenvalue weighted by Crippen LogP contribution is 2.18. The Balaban J connectivity index is 2.42. The normalized spacial score (nSPS) is 11.1. The van der Waals surface area contributed by atoms with Crippen LogP contribution >= 0.6 is 0 Å². The van der Waals surface area contributed by atoms with Crippen LogP contribution in [0.4, 0.5) is 10.2 Å². The predicted molar refractivity (Wildman–Crippen MR) is 68.0 cm³/mol. The molecule has 0 aliphatic heterocycles. The van der Waals surface area contributed by atoms with Crippen LogP contribution in [-0.4, -0.2) is 11.3 Å². The number of hydrogen-bond acceptors (Lipinski definition) is 2. The van der Waals surface area contributed by atoms with E-state index in [0.717, 1.165) is 12.2 Å². The van der Waals surface area contributed by atoms with Gasteiger partial charge in [0.25, 0.3) is 5.56 Å². The van der Waals surface area contributed by atoms with Gasteiger partial charge in [0.1, 0.15) is 0 Å². The molecule has 0 saturated carbocycles. The highest BCUT2D eigenvalue weighted by Gasteiger charge is 2.03. The number of pyridine rings is 1. The molecule has 0 spiro atoms. The SMILES string of the molecule is CC(C)CNc1ccc2ccc(=O)n(F)c2c1. The van der Waals surface area contributed by atoms with Crippen molar-refractivity contribution in [1.82, 2.24) is 4.79 Å². The Hall–Kier alpha value is -1.84. The molecule has 2 rings (SSSR count). The van der Waals surface area contributed by atoms with Crippen LogP contribution in [0, 0.1) is 5.92 Å². The predicted octanol–water partition coefficient (Wildman–Crippen LogP) is 2.80. The van der Waals surface area contributed by atoms with Crippen molar-refractivity contribution in [1.29, 1.82) is 0 Å². The van der Waals surface area contributed by atoms with E-state index in [9.17, 15) is 9.28 Å². The first-order chi connectivity index (χ1) is 8.08. The first-order valence-corrected chi connectivity index (χ1v) is 5.64. The van der Waals surface area contributed by atoms with Gasteiger partial charge in [0.05, 0.1) is 5.52 Å². The van der Waals surface area contributed by atoms with Gasteiger partial charge in [-0.25, -0.2) is 0 Å². The van der Waals surface area contributed by atoms with Gasteiger partial charge in [0.15, 0.2) is 0 Å². The average Bonchev–Trinajstić information content (AvgIpc) is 2.31. The van der Waals surface area contributed by atoms with E-state index in [2.05, 4.69) is 19.2 Å². The summed E-state index contributed by atoms with van der Waals surface area (Å²) in [6.45, 7) is 5.01. The lowest BCUT2D eigenvalue weighted by atomic mass is 10.2. The van der Waals surface area contributed by atoms with Crippen molar-refractivity contribution >= 4 is 16.6 Å². The fourth-order valence-electron chi connectivity index (χ4n) is 1.63. The minimum atomic E-state index is -0.640. The largest absolute Gasteiger partial charge is 0.385 e. The van der Waals surface area contributed by atoms with Crippen LogP contribution < -0.4 is 10.9 Å². The molecule has 0 fully saturated rings. The van der Waals surface area contributed by atoms with E-state index in [1.165, 1.54) is 6.07 Å². The van der Waals surface area contributed by atoms with Gasteiger partial charge >= 0.3 is 0 Å². The average molecular weight is 234 g/mol. The lowest BCUT2D eigenvalue weighted by molar-refractivity contribution is 0.371.